The molecular weight excluding hydrogens is 264 g/mol. The monoisotopic (exact) mass is 280 g/mol. The highest BCUT2D eigenvalue weighted by molar-refractivity contribution is 5.85. The number of hydrogen-bond donors (Lipinski definition) is 0. The number of benzene rings is 1. The van der Waals surface area contributed by atoms with E-state index >= 15 is 0 Å². The maximum Gasteiger partial charge on any atom is 0.262 e. The summed E-state index contributed by atoms with van der Waals surface area (Å²) in [5.41, 5.74) is 0.800. The second-order valence-electron chi connectivity index (χ2n) is 5.28. The molecule has 1 unspecified atom stereocenters. The normalized spacial score (nSPS) is 29.2. The molecule has 0 amide bonds. The lowest BCUT2D eigenvalue weighted by molar-refractivity contribution is -0.0106. The van der Waals surface area contributed by atoms with Crippen LogP contribution in [0.4, 0.5) is 0 Å². The van der Waals surface area contributed by atoms with E-state index < -0.39 is 0 Å². The molecule has 3 saturated heterocycles. The first-order valence-electron chi connectivity index (χ1n) is 6.63. The quantitative estimate of drug-likeness (QED) is 0.848. The topological polar surface area (TPSA) is 38.5 Å². The van der Waals surface area contributed by atoms with Crippen molar-refractivity contribution < 1.29 is 9.26 Å². The van der Waals surface area contributed by atoms with Gasteiger partial charge in [-0.05, 0) is 49.1 Å². The molecule has 1 aromatic carbocycles. The third-order valence-corrected chi connectivity index (χ3v) is 4.20. The zero-order valence-electron chi connectivity index (χ0n) is 10.6. The fraction of sp³-hybridized carbons (Fsp3) is 0.500. The highest BCUT2D eigenvalue weighted by Gasteiger charge is 2.36. The van der Waals surface area contributed by atoms with E-state index in [2.05, 4.69) is 10.1 Å². The van der Waals surface area contributed by atoms with Crippen LogP contribution in [0.2, 0.25) is 0 Å². The van der Waals surface area contributed by atoms with Crippen LogP contribution < -0.4 is 4.74 Å². The first-order chi connectivity index (χ1) is 8.90. The van der Waals surface area contributed by atoms with E-state index in [4.69, 9.17) is 9.26 Å². The number of halogens is 1. The first kappa shape index (κ1) is 12.8. The van der Waals surface area contributed by atoms with Crippen molar-refractivity contribution in [1.82, 2.24) is 10.1 Å². The fourth-order valence-electron chi connectivity index (χ4n) is 3.14. The Hall–Kier alpha value is -1.26. The van der Waals surface area contributed by atoms with Gasteiger partial charge >= 0.3 is 0 Å². The Bertz CT molecular complexity index is 563. The lowest BCUT2D eigenvalue weighted by Crippen LogP contribution is -2.52. The maximum atomic E-state index is 6.10. The van der Waals surface area contributed by atoms with E-state index in [0.717, 1.165) is 17.5 Å². The second-order valence-corrected chi connectivity index (χ2v) is 5.28. The zero-order valence-corrected chi connectivity index (χ0v) is 11.4. The molecule has 19 heavy (non-hydrogen) atoms. The van der Waals surface area contributed by atoms with Crippen molar-refractivity contribution in [2.24, 2.45) is 5.92 Å². The van der Waals surface area contributed by atoms with E-state index in [1.54, 1.807) is 0 Å². The summed E-state index contributed by atoms with van der Waals surface area (Å²) in [6.07, 6.45) is 2.78. The Morgan fingerprint density at radius 1 is 1.21 bits per heavy atom. The van der Waals surface area contributed by atoms with E-state index in [-0.39, 0.29) is 18.5 Å². The third kappa shape index (κ3) is 2.19. The molecule has 0 aliphatic carbocycles. The van der Waals surface area contributed by atoms with Crippen molar-refractivity contribution in [2.45, 2.75) is 18.9 Å². The van der Waals surface area contributed by atoms with Crippen LogP contribution in [0.3, 0.4) is 0 Å². The Kier molecular flexibility index (Phi) is 3.37. The van der Waals surface area contributed by atoms with Crippen LogP contribution >= 0.6 is 12.4 Å². The number of hydrogen-bond acceptors (Lipinski definition) is 4. The van der Waals surface area contributed by atoms with E-state index in [9.17, 15) is 0 Å². The number of fused-ring (bicyclic) bond motifs is 4. The minimum Gasteiger partial charge on any atom is -0.470 e. The highest BCUT2D eigenvalue weighted by Crippen LogP contribution is 2.32. The molecule has 0 N–H and O–H groups in total. The summed E-state index contributed by atoms with van der Waals surface area (Å²) in [7, 11) is 0. The van der Waals surface area contributed by atoms with Gasteiger partial charge in [-0.15, -0.1) is 12.4 Å². The molecule has 0 saturated carbocycles. The molecule has 3 aliphatic heterocycles. The molecule has 1 atom stereocenters. The van der Waals surface area contributed by atoms with Gasteiger partial charge in [0.25, 0.3) is 5.88 Å². The van der Waals surface area contributed by atoms with Crippen LogP contribution in [0.5, 0.6) is 5.88 Å². The molecule has 4 nitrogen and oxygen atoms in total. The SMILES string of the molecule is Cl.c1ccc2c(OC3CN4CCC3CC4)noc2c1. The molecule has 3 fully saturated rings. The lowest BCUT2D eigenvalue weighted by Gasteiger charge is -2.43. The number of piperidine rings is 3. The smallest absolute Gasteiger partial charge is 0.262 e. The van der Waals surface area contributed by atoms with Crippen LogP contribution in [0.15, 0.2) is 28.8 Å². The number of rotatable bonds is 2. The Balaban J connectivity index is 0.00000110. The van der Waals surface area contributed by atoms with Crippen molar-refractivity contribution in [3.05, 3.63) is 24.3 Å². The van der Waals surface area contributed by atoms with Gasteiger partial charge in [-0.1, -0.05) is 12.1 Å². The predicted octanol–water partition coefficient (Wildman–Crippen LogP) is 2.72. The average Bonchev–Trinajstić information content (AvgIpc) is 2.84. The molecule has 4 heterocycles. The Labute approximate surface area is 118 Å². The van der Waals surface area contributed by atoms with Crippen molar-refractivity contribution in [2.75, 3.05) is 19.6 Å². The van der Waals surface area contributed by atoms with Crippen molar-refractivity contribution in [1.29, 1.82) is 0 Å². The van der Waals surface area contributed by atoms with Crippen LogP contribution in [0.25, 0.3) is 11.0 Å². The molecule has 2 aromatic rings. The molecule has 2 bridgehead atoms. The summed E-state index contributed by atoms with van der Waals surface area (Å²) < 4.78 is 11.4. The van der Waals surface area contributed by atoms with E-state index in [1.807, 2.05) is 24.3 Å². The summed E-state index contributed by atoms with van der Waals surface area (Å²) in [6.45, 7) is 3.49. The molecule has 5 heteroatoms. The second kappa shape index (κ2) is 5.02. The van der Waals surface area contributed by atoms with Gasteiger partial charge in [0.05, 0.1) is 5.39 Å². The Morgan fingerprint density at radius 2 is 2.00 bits per heavy atom. The first-order valence-corrected chi connectivity index (χ1v) is 6.63. The van der Waals surface area contributed by atoms with Gasteiger partial charge in [-0.2, -0.15) is 0 Å². The van der Waals surface area contributed by atoms with Gasteiger partial charge in [-0.25, -0.2) is 0 Å². The summed E-state index contributed by atoms with van der Waals surface area (Å²) in [5.74, 6) is 1.34. The zero-order chi connectivity index (χ0) is 11.9. The minimum absolute atomic E-state index is 0. The molecule has 1 aromatic heterocycles. The summed E-state index contributed by atoms with van der Waals surface area (Å²) >= 11 is 0. The molecule has 0 radical (unpaired) electrons. The number of nitrogens with zero attached hydrogens (tertiary/aromatic N) is 2. The third-order valence-electron chi connectivity index (χ3n) is 4.20. The number of aromatic nitrogens is 1. The Morgan fingerprint density at radius 3 is 2.74 bits per heavy atom. The van der Waals surface area contributed by atoms with Gasteiger partial charge in [0, 0.05) is 6.54 Å². The highest BCUT2D eigenvalue weighted by atomic mass is 35.5. The maximum absolute atomic E-state index is 6.10. The largest absolute Gasteiger partial charge is 0.470 e. The van der Waals surface area contributed by atoms with Crippen LogP contribution in [-0.4, -0.2) is 35.8 Å². The molecule has 3 aliphatic rings. The molecule has 5 rings (SSSR count). The number of para-hydroxylation sites is 1. The van der Waals surface area contributed by atoms with Crippen LogP contribution in [0, 0.1) is 5.92 Å². The van der Waals surface area contributed by atoms with Crippen LogP contribution in [0.1, 0.15) is 12.8 Å². The van der Waals surface area contributed by atoms with Gasteiger partial charge in [0.15, 0.2) is 5.58 Å². The molecule has 0 spiro atoms. The van der Waals surface area contributed by atoms with Gasteiger partial charge in [0.1, 0.15) is 6.10 Å². The molecular formula is C14H17ClN2O2. The van der Waals surface area contributed by atoms with Crippen molar-refractivity contribution >= 4 is 23.4 Å². The summed E-state index contributed by atoms with van der Waals surface area (Å²) in [6, 6.07) is 7.86. The fourth-order valence-corrected chi connectivity index (χ4v) is 3.14. The van der Waals surface area contributed by atoms with Gasteiger partial charge in [0.2, 0.25) is 0 Å². The van der Waals surface area contributed by atoms with E-state index in [1.165, 1.54) is 25.9 Å². The van der Waals surface area contributed by atoms with Crippen LogP contribution in [-0.2, 0) is 0 Å². The predicted molar refractivity (Wildman–Crippen MR) is 74.8 cm³/mol. The van der Waals surface area contributed by atoms with E-state index in [0.29, 0.717) is 11.8 Å². The summed E-state index contributed by atoms with van der Waals surface area (Å²) in [4.78, 5) is 2.48. The lowest BCUT2D eigenvalue weighted by atomic mass is 9.86. The number of ether oxygens (including phenoxy) is 1. The van der Waals surface area contributed by atoms with Crippen molar-refractivity contribution in [3.8, 4) is 5.88 Å². The van der Waals surface area contributed by atoms with Crippen molar-refractivity contribution in [3.63, 3.8) is 0 Å². The minimum atomic E-state index is 0. The van der Waals surface area contributed by atoms with Gasteiger partial charge < -0.3 is 9.26 Å². The average molecular weight is 281 g/mol. The standard InChI is InChI=1S/C14H16N2O2.ClH/c1-2-4-12-11(3-1)14(15-18-12)17-13-9-16-7-5-10(13)6-8-16;/h1-4,10,13H,5-9H2;1H. The molecule has 102 valence electrons. The summed E-state index contributed by atoms with van der Waals surface area (Å²) in [5, 5.41) is 5.04. The van der Waals surface area contributed by atoms with Gasteiger partial charge in [-0.3, -0.25) is 4.90 Å².